The summed E-state index contributed by atoms with van der Waals surface area (Å²) in [4.78, 5) is 12.5. The lowest BCUT2D eigenvalue weighted by Gasteiger charge is -2.35. The lowest BCUT2D eigenvalue weighted by molar-refractivity contribution is 0.216. The van der Waals surface area contributed by atoms with Gasteiger partial charge in [0.2, 0.25) is 0 Å². The molecule has 25 heavy (non-hydrogen) atoms. The summed E-state index contributed by atoms with van der Waals surface area (Å²) >= 11 is 3.68. The third kappa shape index (κ3) is 2.49. The van der Waals surface area contributed by atoms with Crippen LogP contribution >= 0.6 is 15.9 Å². The van der Waals surface area contributed by atoms with Gasteiger partial charge in [-0.15, -0.1) is 0 Å². The monoisotopic (exact) mass is 396 g/mol. The highest BCUT2D eigenvalue weighted by molar-refractivity contribution is 9.10. The summed E-state index contributed by atoms with van der Waals surface area (Å²) in [6, 6.07) is 13.2. The van der Waals surface area contributed by atoms with Crippen LogP contribution in [-0.2, 0) is 6.42 Å². The average Bonchev–Trinajstić information content (AvgIpc) is 2.98. The van der Waals surface area contributed by atoms with Crippen molar-refractivity contribution in [3.05, 3.63) is 52.0 Å². The summed E-state index contributed by atoms with van der Waals surface area (Å²) in [7, 11) is 2.19. The SMILES string of the molecule is CN1CCN(C2=Nc3cc(Br)cc4c3N(CC4)c3ccccc32)CC1. The van der Waals surface area contributed by atoms with Crippen LogP contribution in [0.1, 0.15) is 11.1 Å². The molecule has 5 rings (SSSR count). The van der Waals surface area contributed by atoms with Gasteiger partial charge >= 0.3 is 0 Å². The van der Waals surface area contributed by atoms with Crippen LogP contribution in [0.3, 0.4) is 0 Å². The van der Waals surface area contributed by atoms with Crippen LogP contribution in [-0.4, -0.2) is 55.4 Å². The van der Waals surface area contributed by atoms with Gasteiger partial charge in [0.05, 0.1) is 17.1 Å². The second kappa shape index (κ2) is 5.85. The summed E-state index contributed by atoms with van der Waals surface area (Å²) < 4.78 is 1.12. The molecule has 0 aliphatic carbocycles. The molecule has 3 aliphatic heterocycles. The van der Waals surface area contributed by atoms with Crippen LogP contribution in [0, 0.1) is 0 Å². The number of hydrogen-bond acceptors (Lipinski definition) is 4. The van der Waals surface area contributed by atoms with Crippen LogP contribution < -0.4 is 4.90 Å². The molecule has 128 valence electrons. The number of piperazine rings is 1. The van der Waals surface area contributed by atoms with E-state index in [2.05, 4.69) is 74.1 Å². The normalized spacial score (nSPS) is 19.4. The first kappa shape index (κ1) is 15.4. The summed E-state index contributed by atoms with van der Waals surface area (Å²) in [6.07, 6.45) is 1.08. The summed E-state index contributed by atoms with van der Waals surface area (Å²) in [6.45, 7) is 5.25. The second-order valence-corrected chi connectivity index (χ2v) is 7.99. The maximum atomic E-state index is 5.19. The minimum atomic E-state index is 1.03. The lowest BCUT2D eigenvalue weighted by Crippen LogP contribution is -2.47. The fourth-order valence-corrected chi connectivity index (χ4v) is 4.64. The average molecular weight is 397 g/mol. The number of anilines is 2. The third-order valence-electron chi connectivity index (χ3n) is 5.47. The Balaban J connectivity index is 1.71. The van der Waals surface area contributed by atoms with Gasteiger partial charge in [0.15, 0.2) is 0 Å². The second-order valence-electron chi connectivity index (χ2n) is 7.08. The van der Waals surface area contributed by atoms with Crippen molar-refractivity contribution in [3.8, 4) is 0 Å². The van der Waals surface area contributed by atoms with Gasteiger partial charge in [-0.2, -0.15) is 0 Å². The summed E-state index contributed by atoms with van der Waals surface area (Å²) in [5, 5.41) is 0. The Labute approximate surface area is 156 Å². The molecule has 0 spiro atoms. The minimum absolute atomic E-state index is 1.03. The number of para-hydroxylation sites is 1. The minimum Gasteiger partial charge on any atom is -0.353 e. The van der Waals surface area contributed by atoms with E-state index >= 15 is 0 Å². The van der Waals surface area contributed by atoms with Crippen molar-refractivity contribution < 1.29 is 0 Å². The van der Waals surface area contributed by atoms with Gasteiger partial charge in [-0.1, -0.05) is 28.1 Å². The molecular weight excluding hydrogens is 376 g/mol. The van der Waals surface area contributed by atoms with Gasteiger partial charge in [-0.25, -0.2) is 4.99 Å². The molecule has 5 heteroatoms. The van der Waals surface area contributed by atoms with Crippen molar-refractivity contribution in [3.63, 3.8) is 0 Å². The summed E-state index contributed by atoms with van der Waals surface area (Å²) in [5.41, 5.74) is 6.32. The van der Waals surface area contributed by atoms with E-state index in [1.807, 2.05) is 0 Å². The Morgan fingerprint density at radius 3 is 2.64 bits per heavy atom. The van der Waals surface area contributed by atoms with E-state index in [0.29, 0.717) is 0 Å². The van der Waals surface area contributed by atoms with E-state index in [-0.39, 0.29) is 0 Å². The molecule has 0 saturated carbocycles. The van der Waals surface area contributed by atoms with Gasteiger partial charge in [0, 0.05) is 42.8 Å². The molecule has 0 bridgehead atoms. The first-order chi connectivity index (χ1) is 12.2. The molecule has 3 heterocycles. The topological polar surface area (TPSA) is 22.1 Å². The van der Waals surface area contributed by atoms with Crippen molar-refractivity contribution in [1.29, 1.82) is 0 Å². The van der Waals surface area contributed by atoms with Gasteiger partial charge in [0.25, 0.3) is 0 Å². The maximum Gasteiger partial charge on any atom is 0.138 e. The lowest BCUT2D eigenvalue weighted by atomic mass is 10.1. The zero-order valence-electron chi connectivity index (χ0n) is 14.4. The Hall–Kier alpha value is -1.85. The van der Waals surface area contributed by atoms with E-state index in [1.165, 1.54) is 22.5 Å². The van der Waals surface area contributed by atoms with Gasteiger partial charge in [-0.05, 0) is 43.3 Å². The number of fused-ring (bicyclic) bond motifs is 2. The number of likely N-dealkylation sites (N-methyl/N-ethyl adjacent to an activating group) is 1. The molecule has 4 nitrogen and oxygen atoms in total. The maximum absolute atomic E-state index is 5.19. The number of nitrogens with zero attached hydrogens (tertiary/aromatic N) is 4. The fraction of sp³-hybridized carbons (Fsp3) is 0.350. The van der Waals surface area contributed by atoms with Crippen LogP contribution in [0.15, 0.2) is 45.9 Å². The highest BCUT2D eigenvalue weighted by atomic mass is 79.9. The molecular formula is C20H21BrN4. The van der Waals surface area contributed by atoms with E-state index in [1.54, 1.807) is 0 Å². The van der Waals surface area contributed by atoms with Crippen molar-refractivity contribution >= 4 is 38.8 Å². The highest BCUT2D eigenvalue weighted by Crippen LogP contribution is 2.47. The van der Waals surface area contributed by atoms with Gasteiger partial charge in [-0.3, -0.25) is 0 Å². The zero-order valence-corrected chi connectivity index (χ0v) is 16.0. The number of rotatable bonds is 0. The zero-order chi connectivity index (χ0) is 17.0. The van der Waals surface area contributed by atoms with Gasteiger partial charge < -0.3 is 14.7 Å². The van der Waals surface area contributed by atoms with Crippen molar-refractivity contribution in [2.24, 2.45) is 4.99 Å². The highest BCUT2D eigenvalue weighted by Gasteiger charge is 2.31. The van der Waals surface area contributed by atoms with Gasteiger partial charge in [0.1, 0.15) is 5.84 Å². The van der Waals surface area contributed by atoms with Crippen molar-refractivity contribution in [2.45, 2.75) is 6.42 Å². The first-order valence-corrected chi connectivity index (χ1v) is 9.71. The molecule has 1 fully saturated rings. The van der Waals surface area contributed by atoms with Crippen molar-refractivity contribution in [1.82, 2.24) is 9.80 Å². The number of hydrogen-bond donors (Lipinski definition) is 0. The van der Waals surface area contributed by atoms with Crippen LogP contribution in [0.5, 0.6) is 0 Å². The predicted molar refractivity (Wildman–Crippen MR) is 107 cm³/mol. The first-order valence-electron chi connectivity index (χ1n) is 8.92. The number of halogens is 1. The van der Waals surface area contributed by atoms with Crippen molar-refractivity contribution in [2.75, 3.05) is 44.7 Å². The molecule has 2 aromatic rings. The molecule has 2 aromatic carbocycles. The Morgan fingerprint density at radius 1 is 1.00 bits per heavy atom. The Bertz CT molecular complexity index is 868. The molecule has 0 aromatic heterocycles. The number of benzene rings is 2. The third-order valence-corrected chi connectivity index (χ3v) is 5.93. The molecule has 0 amide bonds. The standard InChI is InChI=1S/C20H21BrN4/c1-23-8-10-24(11-9-23)20-16-4-2-3-5-18(16)25-7-6-14-12-15(21)13-17(22-20)19(14)25/h2-5,12-13H,6-11H2,1H3. The molecule has 0 radical (unpaired) electrons. The molecule has 0 unspecified atom stereocenters. The summed E-state index contributed by atoms with van der Waals surface area (Å²) in [5.74, 6) is 1.12. The number of amidine groups is 1. The largest absolute Gasteiger partial charge is 0.353 e. The quantitative estimate of drug-likeness (QED) is 0.676. The molecule has 0 atom stereocenters. The number of aliphatic imine (C=N–C) groups is 1. The van der Waals surface area contributed by atoms with Crippen LogP contribution in [0.25, 0.3) is 0 Å². The van der Waals surface area contributed by atoms with E-state index in [0.717, 1.165) is 55.1 Å². The molecule has 3 aliphatic rings. The van der Waals surface area contributed by atoms with E-state index < -0.39 is 0 Å². The fourth-order valence-electron chi connectivity index (χ4n) is 4.14. The predicted octanol–water partition coefficient (Wildman–Crippen LogP) is 3.78. The van der Waals surface area contributed by atoms with E-state index in [9.17, 15) is 0 Å². The Kier molecular flexibility index (Phi) is 3.61. The van der Waals surface area contributed by atoms with Crippen LogP contribution in [0.4, 0.5) is 17.1 Å². The Morgan fingerprint density at radius 2 is 1.80 bits per heavy atom. The van der Waals surface area contributed by atoms with E-state index in [4.69, 9.17) is 4.99 Å². The smallest absolute Gasteiger partial charge is 0.138 e. The van der Waals surface area contributed by atoms with Crippen LogP contribution in [0.2, 0.25) is 0 Å². The molecule has 0 N–H and O–H groups in total. The molecule has 1 saturated heterocycles.